The molecule has 0 unspecified atom stereocenters. The van der Waals surface area contributed by atoms with Crippen molar-refractivity contribution in [2.45, 2.75) is 13.8 Å². The van der Waals surface area contributed by atoms with Crippen molar-refractivity contribution in [3.63, 3.8) is 0 Å². The van der Waals surface area contributed by atoms with E-state index in [1.54, 1.807) is 18.3 Å². The first kappa shape index (κ1) is 14.2. The van der Waals surface area contributed by atoms with Gasteiger partial charge in [0, 0.05) is 16.4 Å². The van der Waals surface area contributed by atoms with E-state index < -0.39 is 0 Å². The van der Waals surface area contributed by atoms with Crippen LogP contribution in [0, 0.1) is 13.8 Å². The van der Waals surface area contributed by atoms with Crippen LogP contribution in [0.4, 0.5) is 5.69 Å². The molecule has 0 aliphatic heterocycles. The number of carbonyl (C=O) groups excluding carboxylic acids is 1. The normalized spacial score (nSPS) is 10.3. The van der Waals surface area contributed by atoms with Gasteiger partial charge >= 0.3 is 0 Å². The van der Waals surface area contributed by atoms with Gasteiger partial charge in [-0.25, -0.2) is 4.98 Å². The summed E-state index contributed by atoms with van der Waals surface area (Å²) in [5.41, 5.74) is 3.41. The molecule has 98 valence electrons. The van der Waals surface area contributed by atoms with Gasteiger partial charge in [-0.05, 0) is 65.2 Å². The molecule has 3 nitrogen and oxygen atoms in total. The van der Waals surface area contributed by atoms with E-state index in [0.717, 1.165) is 21.3 Å². The number of amides is 1. The zero-order valence-electron chi connectivity index (χ0n) is 10.5. The number of pyridine rings is 1. The molecule has 0 aliphatic rings. The lowest BCUT2D eigenvalue weighted by atomic mass is 10.1. The summed E-state index contributed by atoms with van der Waals surface area (Å²) in [5.74, 6) is -0.159. The van der Waals surface area contributed by atoms with Crippen molar-refractivity contribution in [3.8, 4) is 0 Å². The monoisotopic (exact) mass is 382 g/mol. The average molecular weight is 384 g/mol. The lowest BCUT2D eigenvalue weighted by Gasteiger charge is -2.12. The standard InChI is InChI=1S/C14H12Br2N2O/c1-8-5-11(15)6-9(2)13(8)18-14(19)10-3-4-12(16)17-7-10/h3-7H,1-2H3,(H,18,19). The van der Waals surface area contributed by atoms with E-state index in [4.69, 9.17) is 0 Å². The second kappa shape index (κ2) is 5.84. The summed E-state index contributed by atoms with van der Waals surface area (Å²) < 4.78 is 1.71. The smallest absolute Gasteiger partial charge is 0.257 e. The number of halogens is 2. The van der Waals surface area contributed by atoms with Crippen LogP contribution < -0.4 is 5.32 Å². The predicted octanol–water partition coefficient (Wildman–Crippen LogP) is 4.48. The molecular weight excluding hydrogens is 372 g/mol. The predicted molar refractivity (Wildman–Crippen MR) is 83.5 cm³/mol. The summed E-state index contributed by atoms with van der Waals surface area (Å²) in [4.78, 5) is 16.2. The summed E-state index contributed by atoms with van der Waals surface area (Å²) in [5, 5.41) is 2.93. The van der Waals surface area contributed by atoms with Gasteiger partial charge in [0.25, 0.3) is 5.91 Å². The molecule has 0 fully saturated rings. The van der Waals surface area contributed by atoms with Gasteiger partial charge in [-0.3, -0.25) is 4.79 Å². The maximum Gasteiger partial charge on any atom is 0.257 e. The highest BCUT2D eigenvalue weighted by Crippen LogP contribution is 2.25. The van der Waals surface area contributed by atoms with Gasteiger partial charge < -0.3 is 5.32 Å². The van der Waals surface area contributed by atoms with Crippen molar-refractivity contribution in [2.75, 3.05) is 5.32 Å². The highest BCUT2D eigenvalue weighted by atomic mass is 79.9. The molecule has 1 N–H and O–H groups in total. The van der Waals surface area contributed by atoms with Gasteiger partial charge in [0.2, 0.25) is 0 Å². The van der Waals surface area contributed by atoms with Crippen LogP contribution in [-0.2, 0) is 0 Å². The summed E-state index contributed by atoms with van der Waals surface area (Å²) in [6.45, 7) is 3.93. The zero-order valence-corrected chi connectivity index (χ0v) is 13.7. The van der Waals surface area contributed by atoms with Crippen molar-refractivity contribution >= 4 is 43.5 Å². The SMILES string of the molecule is Cc1cc(Br)cc(C)c1NC(=O)c1ccc(Br)nc1. The summed E-state index contributed by atoms with van der Waals surface area (Å²) in [6.07, 6.45) is 1.54. The third-order valence-electron chi connectivity index (χ3n) is 2.73. The second-order valence-electron chi connectivity index (χ2n) is 4.24. The second-order valence-corrected chi connectivity index (χ2v) is 5.97. The molecule has 1 aromatic heterocycles. The fourth-order valence-corrected chi connectivity index (χ4v) is 2.72. The van der Waals surface area contributed by atoms with Crippen LogP contribution in [0.25, 0.3) is 0 Å². The lowest BCUT2D eigenvalue weighted by Crippen LogP contribution is -2.14. The molecule has 2 rings (SSSR count). The van der Waals surface area contributed by atoms with Crippen LogP contribution in [0.5, 0.6) is 0 Å². The molecule has 1 aromatic carbocycles. The molecule has 19 heavy (non-hydrogen) atoms. The van der Waals surface area contributed by atoms with Crippen molar-refractivity contribution in [1.29, 1.82) is 0 Å². The van der Waals surface area contributed by atoms with Gasteiger partial charge in [-0.2, -0.15) is 0 Å². The Morgan fingerprint density at radius 3 is 2.32 bits per heavy atom. The highest BCUT2D eigenvalue weighted by Gasteiger charge is 2.10. The lowest BCUT2D eigenvalue weighted by molar-refractivity contribution is 0.102. The minimum absolute atomic E-state index is 0.159. The van der Waals surface area contributed by atoms with Crippen LogP contribution in [-0.4, -0.2) is 10.9 Å². The molecule has 5 heteroatoms. The summed E-state index contributed by atoms with van der Waals surface area (Å²) >= 11 is 6.68. The fourth-order valence-electron chi connectivity index (χ4n) is 1.80. The number of aromatic nitrogens is 1. The van der Waals surface area contributed by atoms with Crippen molar-refractivity contribution in [1.82, 2.24) is 4.98 Å². The number of nitrogens with one attached hydrogen (secondary N) is 1. The molecule has 1 heterocycles. The third kappa shape index (κ3) is 3.42. The third-order valence-corrected chi connectivity index (χ3v) is 3.65. The Bertz CT molecular complexity index is 601. The first-order valence-electron chi connectivity index (χ1n) is 5.67. The molecule has 0 saturated carbocycles. The first-order chi connectivity index (χ1) is 8.97. The highest BCUT2D eigenvalue weighted by molar-refractivity contribution is 9.10. The van der Waals surface area contributed by atoms with Crippen molar-refractivity contribution < 1.29 is 4.79 Å². The van der Waals surface area contributed by atoms with Crippen molar-refractivity contribution in [3.05, 3.63) is 56.2 Å². The van der Waals surface area contributed by atoms with Gasteiger partial charge in [0.05, 0.1) is 5.56 Å². The molecule has 1 amide bonds. The Labute approximate surface area is 128 Å². The quantitative estimate of drug-likeness (QED) is 0.777. The average Bonchev–Trinajstić information content (AvgIpc) is 2.34. The number of rotatable bonds is 2. The fraction of sp³-hybridized carbons (Fsp3) is 0.143. The number of carbonyl (C=O) groups is 1. The molecule has 2 aromatic rings. The van der Waals surface area contributed by atoms with Crippen LogP contribution in [0.2, 0.25) is 0 Å². The van der Waals surface area contributed by atoms with E-state index in [1.807, 2.05) is 26.0 Å². The Morgan fingerprint density at radius 2 is 1.79 bits per heavy atom. The molecular formula is C14H12Br2N2O. The number of nitrogens with zero attached hydrogens (tertiary/aromatic N) is 1. The van der Waals surface area contributed by atoms with E-state index in [0.29, 0.717) is 10.2 Å². The Kier molecular flexibility index (Phi) is 4.37. The maximum absolute atomic E-state index is 12.1. The van der Waals surface area contributed by atoms with E-state index in [9.17, 15) is 4.79 Å². The minimum Gasteiger partial charge on any atom is -0.321 e. The van der Waals surface area contributed by atoms with E-state index >= 15 is 0 Å². The largest absolute Gasteiger partial charge is 0.321 e. The van der Waals surface area contributed by atoms with Gasteiger partial charge in [0.1, 0.15) is 4.60 Å². The number of benzene rings is 1. The summed E-state index contributed by atoms with van der Waals surface area (Å²) in [7, 11) is 0. The molecule has 0 saturated heterocycles. The van der Waals surface area contributed by atoms with E-state index in [-0.39, 0.29) is 5.91 Å². The van der Waals surface area contributed by atoms with E-state index in [1.165, 1.54) is 0 Å². The van der Waals surface area contributed by atoms with E-state index in [2.05, 4.69) is 42.2 Å². The Hall–Kier alpha value is -1.20. The minimum atomic E-state index is -0.159. The summed E-state index contributed by atoms with van der Waals surface area (Å²) in [6, 6.07) is 7.43. The number of hydrogen-bond acceptors (Lipinski definition) is 2. The Balaban J connectivity index is 2.26. The molecule has 0 atom stereocenters. The topological polar surface area (TPSA) is 42.0 Å². The molecule has 0 aliphatic carbocycles. The number of aryl methyl sites for hydroxylation is 2. The zero-order chi connectivity index (χ0) is 14.0. The van der Waals surface area contributed by atoms with Crippen LogP contribution >= 0.6 is 31.9 Å². The number of anilines is 1. The first-order valence-corrected chi connectivity index (χ1v) is 7.25. The molecule has 0 bridgehead atoms. The molecule has 0 radical (unpaired) electrons. The van der Waals surface area contributed by atoms with Gasteiger partial charge in [0.15, 0.2) is 0 Å². The van der Waals surface area contributed by atoms with Crippen LogP contribution in [0.1, 0.15) is 21.5 Å². The maximum atomic E-state index is 12.1. The molecule has 0 spiro atoms. The Morgan fingerprint density at radius 1 is 1.16 bits per heavy atom. The van der Waals surface area contributed by atoms with Gasteiger partial charge in [-0.15, -0.1) is 0 Å². The van der Waals surface area contributed by atoms with Crippen LogP contribution in [0.15, 0.2) is 39.5 Å². The van der Waals surface area contributed by atoms with Crippen molar-refractivity contribution in [2.24, 2.45) is 0 Å². The number of hydrogen-bond donors (Lipinski definition) is 1. The van der Waals surface area contributed by atoms with Gasteiger partial charge in [-0.1, -0.05) is 15.9 Å². The van der Waals surface area contributed by atoms with Crippen LogP contribution in [0.3, 0.4) is 0 Å².